The summed E-state index contributed by atoms with van der Waals surface area (Å²) in [7, 11) is 0. The maximum Gasteiger partial charge on any atom is 0.267 e. The van der Waals surface area contributed by atoms with Crippen molar-refractivity contribution in [3.8, 4) is 0 Å². The van der Waals surface area contributed by atoms with Crippen LogP contribution in [0.4, 0.5) is 0 Å². The molecule has 0 saturated heterocycles. The minimum absolute atomic E-state index is 0.319. The molecule has 3 nitrogen and oxygen atoms in total. The number of carbonyl (C=O) groups excluding carboxylic acids is 2. The Morgan fingerprint density at radius 3 is 2.50 bits per heavy atom. The standard InChI is InChI=1S/C8H9NO2S/c1-5-3-4-7(12-5)8(11)9-6(2)10/h3-4H,1-2H3,(H,9,10,11). The van der Waals surface area contributed by atoms with Crippen molar-refractivity contribution in [1.82, 2.24) is 5.32 Å². The summed E-state index contributed by atoms with van der Waals surface area (Å²) in [6, 6.07) is 3.55. The summed E-state index contributed by atoms with van der Waals surface area (Å²) in [5.74, 6) is -0.647. The van der Waals surface area contributed by atoms with Gasteiger partial charge in [-0.15, -0.1) is 11.3 Å². The van der Waals surface area contributed by atoms with Crippen LogP contribution >= 0.6 is 11.3 Å². The maximum atomic E-state index is 11.1. The van der Waals surface area contributed by atoms with Crippen molar-refractivity contribution in [3.63, 3.8) is 0 Å². The van der Waals surface area contributed by atoms with Crippen LogP contribution in [0.3, 0.4) is 0 Å². The fourth-order valence-corrected chi connectivity index (χ4v) is 1.54. The highest BCUT2D eigenvalue weighted by Gasteiger charge is 2.08. The largest absolute Gasteiger partial charge is 0.292 e. The normalized spacial score (nSPS) is 9.50. The Morgan fingerprint density at radius 2 is 2.08 bits per heavy atom. The van der Waals surface area contributed by atoms with Gasteiger partial charge in [0, 0.05) is 11.8 Å². The molecule has 0 saturated carbocycles. The Kier molecular flexibility index (Phi) is 2.60. The van der Waals surface area contributed by atoms with Crippen molar-refractivity contribution in [2.75, 3.05) is 0 Å². The molecule has 12 heavy (non-hydrogen) atoms. The third-order valence-electron chi connectivity index (χ3n) is 1.25. The summed E-state index contributed by atoms with van der Waals surface area (Å²) >= 11 is 1.37. The van der Waals surface area contributed by atoms with Crippen molar-refractivity contribution in [2.24, 2.45) is 0 Å². The first-order valence-electron chi connectivity index (χ1n) is 3.48. The van der Waals surface area contributed by atoms with E-state index in [4.69, 9.17) is 0 Å². The fraction of sp³-hybridized carbons (Fsp3) is 0.250. The fourth-order valence-electron chi connectivity index (χ4n) is 0.778. The van der Waals surface area contributed by atoms with Crippen LogP contribution in [0.5, 0.6) is 0 Å². The summed E-state index contributed by atoms with van der Waals surface area (Å²) < 4.78 is 0. The molecular weight excluding hydrogens is 174 g/mol. The molecule has 1 heterocycles. The highest BCUT2D eigenvalue weighted by atomic mass is 32.1. The van der Waals surface area contributed by atoms with Crippen LogP contribution < -0.4 is 5.32 Å². The summed E-state index contributed by atoms with van der Waals surface area (Å²) in [4.78, 5) is 23.3. The van der Waals surface area contributed by atoms with E-state index in [1.807, 2.05) is 13.0 Å². The van der Waals surface area contributed by atoms with Gasteiger partial charge in [0.1, 0.15) is 0 Å². The third-order valence-corrected chi connectivity index (χ3v) is 2.25. The zero-order chi connectivity index (χ0) is 9.14. The van der Waals surface area contributed by atoms with Gasteiger partial charge in [0.2, 0.25) is 5.91 Å². The average Bonchev–Trinajstić information content (AvgIpc) is 2.34. The van der Waals surface area contributed by atoms with Gasteiger partial charge in [-0.05, 0) is 19.1 Å². The number of hydrogen-bond acceptors (Lipinski definition) is 3. The van der Waals surface area contributed by atoms with Crippen LogP contribution in [-0.2, 0) is 4.79 Å². The van der Waals surface area contributed by atoms with E-state index in [0.29, 0.717) is 4.88 Å². The molecule has 0 bridgehead atoms. The van der Waals surface area contributed by atoms with E-state index in [1.54, 1.807) is 6.07 Å². The van der Waals surface area contributed by atoms with Gasteiger partial charge in [-0.25, -0.2) is 0 Å². The van der Waals surface area contributed by atoms with E-state index in [0.717, 1.165) is 4.88 Å². The molecule has 0 aliphatic heterocycles. The van der Waals surface area contributed by atoms with Gasteiger partial charge in [-0.1, -0.05) is 0 Å². The minimum Gasteiger partial charge on any atom is -0.292 e. The molecule has 0 aliphatic rings. The summed E-state index contributed by atoms with van der Waals surface area (Å²) in [6.07, 6.45) is 0. The van der Waals surface area contributed by atoms with E-state index in [1.165, 1.54) is 18.3 Å². The minimum atomic E-state index is -0.328. The number of rotatable bonds is 1. The predicted molar refractivity (Wildman–Crippen MR) is 47.2 cm³/mol. The van der Waals surface area contributed by atoms with E-state index < -0.39 is 0 Å². The topological polar surface area (TPSA) is 46.2 Å². The SMILES string of the molecule is CC(=O)NC(=O)c1ccc(C)s1. The molecule has 0 spiro atoms. The number of carbonyl (C=O) groups is 2. The number of amides is 2. The average molecular weight is 183 g/mol. The van der Waals surface area contributed by atoms with Crippen molar-refractivity contribution < 1.29 is 9.59 Å². The second-order valence-corrected chi connectivity index (χ2v) is 3.71. The lowest BCUT2D eigenvalue weighted by Crippen LogP contribution is -2.27. The number of imide groups is 1. The molecule has 64 valence electrons. The van der Waals surface area contributed by atoms with Gasteiger partial charge in [-0.3, -0.25) is 14.9 Å². The van der Waals surface area contributed by atoms with Gasteiger partial charge < -0.3 is 0 Å². The van der Waals surface area contributed by atoms with Gasteiger partial charge in [0.15, 0.2) is 0 Å². The first-order valence-corrected chi connectivity index (χ1v) is 4.29. The van der Waals surface area contributed by atoms with Gasteiger partial charge in [0.25, 0.3) is 5.91 Å². The molecule has 0 aromatic carbocycles. The molecular formula is C8H9NO2S. The molecule has 0 aliphatic carbocycles. The zero-order valence-electron chi connectivity index (χ0n) is 6.88. The van der Waals surface area contributed by atoms with Crippen LogP contribution in [-0.4, -0.2) is 11.8 Å². The monoisotopic (exact) mass is 183 g/mol. The van der Waals surface area contributed by atoms with Gasteiger partial charge in [0.05, 0.1) is 4.88 Å². The highest BCUT2D eigenvalue weighted by molar-refractivity contribution is 7.14. The van der Waals surface area contributed by atoms with Crippen molar-refractivity contribution in [3.05, 3.63) is 21.9 Å². The Morgan fingerprint density at radius 1 is 1.42 bits per heavy atom. The van der Waals surface area contributed by atoms with Crippen molar-refractivity contribution >= 4 is 23.2 Å². The van der Waals surface area contributed by atoms with E-state index in [-0.39, 0.29) is 11.8 Å². The molecule has 0 radical (unpaired) electrons. The summed E-state index contributed by atoms with van der Waals surface area (Å²) in [5.41, 5.74) is 0. The highest BCUT2D eigenvalue weighted by Crippen LogP contribution is 2.14. The molecule has 4 heteroatoms. The molecule has 1 N–H and O–H groups in total. The lowest BCUT2D eigenvalue weighted by Gasteiger charge is -1.95. The summed E-state index contributed by atoms with van der Waals surface area (Å²) in [6.45, 7) is 3.23. The number of nitrogens with one attached hydrogen (secondary N) is 1. The van der Waals surface area contributed by atoms with Crippen LogP contribution in [0.15, 0.2) is 12.1 Å². The lowest BCUT2D eigenvalue weighted by molar-refractivity contribution is -0.118. The van der Waals surface area contributed by atoms with Crippen LogP contribution in [0.1, 0.15) is 21.5 Å². The molecule has 0 unspecified atom stereocenters. The Hall–Kier alpha value is -1.16. The molecule has 2 amide bonds. The van der Waals surface area contributed by atoms with E-state index in [2.05, 4.69) is 5.32 Å². The number of aryl methyl sites for hydroxylation is 1. The Balaban J connectivity index is 2.72. The van der Waals surface area contributed by atoms with Crippen LogP contribution in [0, 0.1) is 6.92 Å². The molecule has 1 rings (SSSR count). The van der Waals surface area contributed by atoms with Gasteiger partial charge in [-0.2, -0.15) is 0 Å². The van der Waals surface area contributed by atoms with Crippen LogP contribution in [0.2, 0.25) is 0 Å². The second kappa shape index (κ2) is 3.49. The first kappa shape index (κ1) is 8.93. The Bertz CT molecular complexity index is 317. The van der Waals surface area contributed by atoms with Gasteiger partial charge >= 0.3 is 0 Å². The van der Waals surface area contributed by atoms with Crippen LogP contribution in [0.25, 0.3) is 0 Å². The number of thiophene rings is 1. The van der Waals surface area contributed by atoms with Crippen molar-refractivity contribution in [2.45, 2.75) is 13.8 Å². The molecule has 0 atom stereocenters. The predicted octanol–water partition coefficient (Wildman–Crippen LogP) is 1.33. The number of hydrogen-bond donors (Lipinski definition) is 1. The Labute approximate surface area is 74.4 Å². The zero-order valence-corrected chi connectivity index (χ0v) is 7.70. The maximum absolute atomic E-state index is 11.1. The smallest absolute Gasteiger partial charge is 0.267 e. The lowest BCUT2D eigenvalue weighted by atomic mass is 10.4. The second-order valence-electron chi connectivity index (χ2n) is 2.42. The molecule has 1 aromatic rings. The quantitative estimate of drug-likeness (QED) is 0.714. The van der Waals surface area contributed by atoms with E-state index >= 15 is 0 Å². The summed E-state index contributed by atoms with van der Waals surface area (Å²) in [5, 5.41) is 2.20. The molecule has 0 fully saturated rings. The van der Waals surface area contributed by atoms with Crippen molar-refractivity contribution in [1.29, 1.82) is 0 Å². The molecule has 1 aromatic heterocycles. The first-order chi connectivity index (χ1) is 5.59. The van der Waals surface area contributed by atoms with E-state index in [9.17, 15) is 9.59 Å². The third kappa shape index (κ3) is 2.17.